The SMILES string of the molecule is CNS(=O)(=O)c1cccc(OC[C@@H](O)CNC2COC3(CCN(S(=O)(=O)c4ccc(-c5cccnc5)cc4)CC3)C2)c1. The van der Waals surface area contributed by atoms with E-state index in [4.69, 9.17) is 9.47 Å². The number of aromatic nitrogens is 1. The monoisotopic (exact) mass is 616 g/mol. The Kier molecular flexibility index (Phi) is 9.28. The van der Waals surface area contributed by atoms with Crippen molar-refractivity contribution in [3.63, 3.8) is 0 Å². The molecule has 0 saturated carbocycles. The third-order valence-electron chi connectivity index (χ3n) is 7.80. The highest BCUT2D eigenvalue weighted by Crippen LogP contribution is 2.37. The lowest BCUT2D eigenvalue weighted by atomic mass is 9.88. The zero-order valence-corrected chi connectivity index (χ0v) is 25.0. The van der Waals surface area contributed by atoms with Crippen LogP contribution in [0.5, 0.6) is 5.75 Å². The number of sulfonamides is 2. The number of hydrogen-bond donors (Lipinski definition) is 3. The summed E-state index contributed by atoms with van der Waals surface area (Å²) >= 11 is 0. The van der Waals surface area contributed by atoms with E-state index in [1.807, 2.05) is 12.1 Å². The molecule has 3 heterocycles. The number of nitrogens with one attached hydrogen (secondary N) is 2. The molecule has 2 atom stereocenters. The topological polar surface area (TPSA) is 147 Å². The first-order chi connectivity index (χ1) is 20.1. The molecule has 0 bridgehead atoms. The number of pyridine rings is 1. The van der Waals surface area contributed by atoms with Crippen LogP contribution in [-0.2, 0) is 24.8 Å². The van der Waals surface area contributed by atoms with Crippen molar-refractivity contribution in [2.45, 2.75) is 46.8 Å². The van der Waals surface area contributed by atoms with Crippen LogP contribution in [0.25, 0.3) is 11.1 Å². The van der Waals surface area contributed by atoms with Crippen molar-refractivity contribution in [1.82, 2.24) is 19.3 Å². The Morgan fingerprint density at radius 3 is 2.50 bits per heavy atom. The summed E-state index contributed by atoms with van der Waals surface area (Å²) in [4.78, 5) is 4.47. The van der Waals surface area contributed by atoms with Gasteiger partial charge in [0.15, 0.2) is 0 Å². The van der Waals surface area contributed by atoms with Crippen molar-refractivity contribution in [3.8, 4) is 16.9 Å². The second-order valence-corrected chi connectivity index (χ2v) is 14.4. The maximum atomic E-state index is 13.3. The van der Waals surface area contributed by atoms with Gasteiger partial charge in [0.2, 0.25) is 20.0 Å². The van der Waals surface area contributed by atoms with E-state index < -0.39 is 31.8 Å². The summed E-state index contributed by atoms with van der Waals surface area (Å²) in [5, 5.41) is 13.7. The fourth-order valence-electron chi connectivity index (χ4n) is 5.36. The van der Waals surface area contributed by atoms with Gasteiger partial charge in [0.05, 0.1) is 22.0 Å². The Hall–Kier alpha value is -2.91. The molecule has 3 aromatic rings. The van der Waals surface area contributed by atoms with Gasteiger partial charge < -0.3 is 19.9 Å². The molecule has 0 amide bonds. The van der Waals surface area contributed by atoms with E-state index in [1.165, 1.54) is 23.5 Å². The maximum absolute atomic E-state index is 13.3. The molecule has 2 fully saturated rings. The molecule has 0 radical (unpaired) electrons. The Bertz CT molecular complexity index is 1560. The molecular formula is C29H36N4O7S2. The number of benzene rings is 2. The van der Waals surface area contributed by atoms with Crippen LogP contribution in [-0.4, -0.2) is 88.9 Å². The average Bonchev–Trinajstić information content (AvgIpc) is 3.41. The fraction of sp³-hybridized carbons (Fsp3) is 0.414. The highest BCUT2D eigenvalue weighted by molar-refractivity contribution is 7.89. The van der Waals surface area contributed by atoms with Gasteiger partial charge in [0.25, 0.3) is 0 Å². The van der Waals surface area contributed by atoms with Crippen molar-refractivity contribution < 1.29 is 31.4 Å². The van der Waals surface area contributed by atoms with Crippen LogP contribution >= 0.6 is 0 Å². The number of rotatable bonds is 11. The van der Waals surface area contributed by atoms with E-state index in [1.54, 1.807) is 48.8 Å². The molecule has 42 heavy (non-hydrogen) atoms. The van der Waals surface area contributed by atoms with E-state index >= 15 is 0 Å². The Morgan fingerprint density at radius 1 is 1.05 bits per heavy atom. The summed E-state index contributed by atoms with van der Waals surface area (Å²) in [5.74, 6) is 0.347. The summed E-state index contributed by atoms with van der Waals surface area (Å²) in [5.41, 5.74) is 1.44. The van der Waals surface area contributed by atoms with Crippen molar-refractivity contribution in [1.29, 1.82) is 0 Å². The number of piperidine rings is 1. The van der Waals surface area contributed by atoms with Gasteiger partial charge in [-0.15, -0.1) is 0 Å². The molecule has 2 saturated heterocycles. The molecule has 0 aliphatic carbocycles. The predicted octanol–water partition coefficient (Wildman–Crippen LogP) is 2.00. The second kappa shape index (κ2) is 12.8. The van der Waals surface area contributed by atoms with Crippen LogP contribution in [0.3, 0.4) is 0 Å². The third-order valence-corrected chi connectivity index (χ3v) is 11.1. The van der Waals surface area contributed by atoms with Crippen molar-refractivity contribution in [2.75, 3.05) is 39.9 Å². The quantitative estimate of drug-likeness (QED) is 0.294. The highest BCUT2D eigenvalue weighted by Gasteiger charge is 2.44. The minimum absolute atomic E-state index is 0.00912. The van der Waals surface area contributed by atoms with E-state index in [-0.39, 0.29) is 29.0 Å². The van der Waals surface area contributed by atoms with Crippen LogP contribution in [0.4, 0.5) is 0 Å². The second-order valence-electron chi connectivity index (χ2n) is 10.6. The molecule has 3 N–H and O–H groups in total. The molecule has 226 valence electrons. The predicted molar refractivity (Wildman–Crippen MR) is 157 cm³/mol. The third kappa shape index (κ3) is 7.00. The molecule has 1 spiro atoms. The van der Waals surface area contributed by atoms with Gasteiger partial charge in [0.1, 0.15) is 18.5 Å². The summed E-state index contributed by atoms with van der Waals surface area (Å²) in [7, 11) is -5.87. The summed E-state index contributed by atoms with van der Waals surface area (Å²) in [6.45, 7) is 1.48. The zero-order valence-electron chi connectivity index (χ0n) is 23.3. The summed E-state index contributed by atoms with van der Waals surface area (Å²) in [6, 6.07) is 16.8. The lowest BCUT2D eigenvalue weighted by Gasteiger charge is -2.38. The molecule has 5 rings (SSSR count). The van der Waals surface area contributed by atoms with Crippen LogP contribution in [0, 0.1) is 0 Å². The minimum Gasteiger partial charge on any atom is -0.491 e. The first-order valence-electron chi connectivity index (χ1n) is 13.8. The van der Waals surface area contributed by atoms with Gasteiger partial charge in [-0.25, -0.2) is 21.6 Å². The largest absolute Gasteiger partial charge is 0.491 e. The van der Waals surface area contributed by atoms with Crippen LogP contribution < -0.4 is 14.8 Å². The smallest absolute Gasteiger partial charge is 0.243 e. The van der Waals surface area contributed by atoms with Crippen LogP contribution in [0.1, 0.15) is 19.3 Å². The molecular weight excluding hydrogens is 580 g/mol. The average molecular weight is 617 g/mol. The summed E-state index contributed by atoms with van der Waals surface area (Å²) < 4.78 is 66.2. The number of aliphatic hydroxyl groups is 1. The number of ether oxygens (including phenoxy) is 2. The zero-order chi connectivity index (χ0) is 29.8. The molecule has 2 aromatic carbocycles. The lowest BCUT2D eigenvalue weighted by Crippen LogP contribution is -2.47. The molecule has 1 unspecified atom stereocenters. The lowest BCUT2D eigenvalue weighted by molar-refractivity contribution is -0.0312. The molecule has 1 aromatic heterocycles. The number of nitrogens with zero attached hydrogens (tertiary/aromatic N) is 2. The Labute approximate surface area is 247 Å². The first-order valence-corrected chi connectivity index (χ1v) is 16.8. The summed E-state index contributed by atoms with van der Waals surface area (Å²) in [6.07, 6.45) is 4.53. The Balaban J connectivity index is 1.08. The van der Waals surface area contributed by atoms with Gasteiger partial charge in [-0.3, -0.25) is 4.98 Å². The maximum Gasteiger partial charge on any atom is 0.243 e. The van der Waals surface area contributed by atoms with Gasteiger partial charge in [-0.1, -0.05) is 24.3 Å². The minimum atomic E-state index is -3.62. The van der Waals surface area contributed by atoms with Crippen molar-refractivity contribution in [2.24, 2.45) is 0 Å². The van der Waals surface area contributed by atoms with Crippen molar-refractivity contribution in [3.05, 3.63) is 73.1 Å². The normalized spacial score (nSPS) is 20.0. The van der Waals surface area contributed by atoms with Crippen molar-refractivity contribution >= 4 is 20.0 Å². The van der Waals surface area contributed by atoms with E-state index in [0.29, 0.717) is 38.3 Å². The first kappa shape index (κ1) is 30.5. The molecule has 13 heteroatoms. The number of hydrogen-bond acceptors (Lipinski definition) is 9. The van der Waals surface area contributed by atoms with E-state index in [2.05, 4.69) is 15.0 Å². The van der Waals surface area contributed by atoms with Crippen LogP contribution in [0.15, 0.2) is 82.8 Å². The van der Waals surface area contributed by atoms with Gasteiger partial charge >= 0.3 is 0 Å². The fourth-order valence-corrected chi connectivity index (χ4v) is 7.57. The Morgan fingerprint density at radius 2 is 1.81 bits per heavy atom. The van der Waals surface area contributed by atoms with Gasteiger partial charge in [0, 0.05) is 44.1 Å². The molecule has 2 aliphatic rings. The van der Waals surface area contributed by atoms with Gasteiger partial charge in [-0.05, 0) is 67.8 Å². The molecule has 2 aliphatic heterocycles. The van der Waals surface area contributed by atoms with E-state index in [0.717, 1.165) is 17.5 Å². The van der Waals surface area contributed by atoms with Gasteiger partial charge in [-0.2, -0.15) is 4.31 Å². The van der Waals surface area contributed by atoms with E-state index in [9.17, 15) is 21.9 Å². The number of aliphatic hydroxyl groups excluding tert-OH is 1. The van der Waals surface area contributed by atoms with Crippen LogP contribution in [0.2, 0.25) is 0 Å². The standard InChI is InChI=1S/C29H36N4O7S2/c1-30-41(35,36)28-6-2-5-26(16-28)39-21-25(34)19-32-24-17-29(40-20-24)11-14-33(15-12-29)42(37,38)27-9-7-22(8-10-27)23-4-3-13-31-18-23/h2-10,13,16,18,24-25,30,32,34H,11-12,14-15,17,19-21H2,1H3/t24?,25-/m0/s1. The molecule has 11 nitrogen and oxygen atoms in total. The highest BCUT2D eigenvalue weighted by atomic mass is 32.2.